The van der Waals surface area contributed by atoms with Crippen LogP contribution in [0.2, 0.25) is 0 Å². The molecule has 0 saturated heterocycles. The molecule has 0 aromatic carbocycles. The first-order chi connectivity index (χ1) is 8.84. The first kappa shape index (κ1) is 14.1. The first-order valence-electron chi connectivity index (χ1n) is 7.14. The lowest BCUT2D eigenvalue weighted by Crippen LogP contribution is -2.38. The van der Waals surface area contributed by atoms with Crippen LogP contribution in [0.25, 0.3) is 0 Å². The standard InChI is InChI=1S/C15H26N4/c1-10-12(16-5)17-14(15(2,3)4)18-13(10)19(6)11-8-7-9-11/h11H,7-9H2,1-6H3,(H,16,17,18). The average Bonchev–Trinajstić information content (AvgIpc) is 2.25. The predicted octanol–water partition coefficient (Wildman–Crippen LogP) is 3.11. The van der Waals surface area contributed by atoms with Gasteiger partial charge in [0.15, 0.2) is 0 Å². The Kier molecular flexibility index (Phi) is 3.70. The van der Waals surface area contributed by atoms with Gasteiger partial charge in [0.1, 0.15) is 17.5 Å². The lowest BCUT2D eigenvalue weighted by molar-refractivity contribution is 0.398. The van der Waals surface area contributed by atoms with Crippen LogP contribution in [0.1, 0.15) is 51.4 Å². The Bertz CT molecular complexity index is 458. The second kappa shape index (κ2) is 4.99. The summed E-state index contributed by atoms with van der Waals surface area (Å²) in [5.41, 5.74) is 1.11. The van der Waals surface area contributed by atoms with Gasteiger partial charge in [0, 0.05) is 31.1 Å². The highest BCUT2D eigenvalue weighted by Crippen LogP contribution is 2.32. The van der Waals surface area contributed by atoms with Gasteiger partial charge in [0.05, 0.1) is 0 Å². The van der Waals surface area contributed by atoms with Crippen molar-refractivity contribution in [3.05, 3.63) is 11.4 Å². The van der Waals surface area contributed by atoms with Gasteiger partial charge >= 0.3 is 0 Å². The molecule has 1 aliphatic carbocycles. The van der Waals surface area contributed by atoms with Crippen LogP contribution in [0, 0.1) is 6.92 Å². The SMILES string of the molecule is CNc1nc(C(C)(C)C)nc(N(C)C2CCC2)c1C. The van der Waals surface area contributed by atoms with Gasteiger partial charge in [-0.25, -0.2) is 9.97 Å². The molecule has 4 heteroatoms. The number of hydrogen-bond acceptors (Lipinski definition) is 4. The summed E-state index contributed by atoms with van der Waals surface area (Å²) in [7, 11) is 4.08. The van der Waals surface area contributed by atoms with Gasteiger partial charge in [-0.05, 0) is 26.2 Å². The highest BCUT2D eigenvalue weighted by atomic mass is 15.2. The molecule has 1 fully saturated rings. The van der Waals surface area contributed by atoms with Crippen LogP contribution in [0.4, 0.5) is 11.6 Å². The van der Waals surface area contributed by atoms with Crippen LogP contribution < -0.4 is 10.2 Å². The van der Waals surface area contributed by atoms with Crippen LogP contribution in [0.3, 0.4) is 0 Å². The second-order valence-electron chi connectivity index (χ2n) is 6.54. The zero-order valence-corrected chi connectivity index (χ0v) is 13.0. The topological polar surface area (TPSA) is 41.1 Å². The van der Waals surface area contributed by atoms with Crippen LogP contribution in [0.5, 0.6) is 0 Å². The largest absolute Gasteiger partial charge is 0.373 e. The quantitative estimate of drug-likeness (QED) is 0.908. The Balaban J connectivity index is 2.45. The minimum Gasteiger partial charge on any atom is -0.373 e. The smallest absolute Gasteiger partial charge is 0.138 e. The maximum absolute atomic E-state index is 4.83. The summed E-state index contributed by atoms with van der Waals surface area (Å²) in [4.78, 5) is 11.8. The molecule has 1 aromatic rings. The molecule has 0 aliphatic heterocycles. The number of rotatable bonds is 3. The molecule has 106 valence electrons. The highest BCUT2D eigenvalue weighted by Gasteiger charge is 2.27. The number of hydrogen-bond donors (Lipinski definition) is 1. The van der Waals surface area contributed by atoms with Crippen molar-refractivity contribution in [1.29, 1.82) is 0 Å². The van der Waals surface area contributed by atoms with E-state index in [2.05, 4.69) is 49.9 Å². The van der Waals surface area contributed by atoms with E-state index in [0.717, 1.165) is 23.0 Å². The molecule has 0 bridgehead atoms. The van der Waals surface area contributed by atoms with Crippen molar-refractivity contribution in [1.82, 2.24) is 9.97 Å². The summed E-state index contributed by atoms with van der Waals surface area (Å²) in [6, 6.07) is 0.645. The summed E-state index contributed by atoms with van der Waals surface area (Å²) in [5.74, 6) is 2.93. The van der Waals surface area contributed by atoms with E-state index in [1.165, 1.54) is 19.3 Å². The van der Waals surface area contributed by atoms with E-state index in [1.54, 1.807) is 0 Å². The zero-order chi connectivity index (χ0) is 14.2. The number of aromatic nitrogens is 2. The fraction of sp³-hybridized carbons (Fsp3) is 0.733. The molecular weight excluding hydrogens is 236 g/mol. The van der Waals surface area contributed by atoms with Crippen molar-refractivity contribution in [2.24, 2.45) is 0 Å². The van der Waals surface area contributed by atoms with E-state index in [1.807, 2.05) is 7.05 Å². The van der Waals surface area contributed by atoms with E-state index >= 15 is 0 Å². The number of nitrogens with one attached hydrogen (secondary N) is 1. The molecule has 0 radical (unpaired) electrons. The highest BCUT2D eigenvalue weighted by molar-refractivity contribution is 5.59. The van der Waals surface area contributed by atoms with Gasteiger partial charge in [0.25, 0.3) is 0 Å². The number of anilines is 2. The van der Waals surface area contributed by atoms with Gasteiger partial charge in [-0.3, -0.25) is 0 Å². The minimum atomic E-state index is -0.0332. The number of nitrogens with zero attached hydrogens (tertiary/aromatic N) is 3. The molecule has 0 unspecified atom stereocenters. The van der Waals surface area contributed by atoms with Gasteiger partial charge in [0.2, 0.25) is 0 Å². The minimum absolute atomic E-state index is 0.0332. The monoisotopic (exact) mass is 262 g/mol. The van der Waals surface area contributed by atoms with Crippen LogP contribution >= 0.6 is 0 Å². The normalized spacial score (nSPS) is 16.1. The maximum atomic E-state index is 4.83. The summed E-state index contributed by atoms with van der Waals surface area (Å²) in [6.45, 7) is 8.57. The molecule has 0 atom stereocenters. The van der Waals surface area contributed by atoms with Gasteiger partial charge in [-0.1, -0.05) is 20.8 Å². The molecule has 2 rings (SSSR count). The van der Waals surface area contributed by atoms with Crippen LogP contribution in [-0.2, 0) is 5.41 Å². The van der Waals surface area contributed by atoms with Crippen molar-refractivity contribution in [2.75, 3.05) is 24.3 Å². The lowest BCUT2D eigenvalue weighted by Gasteiger charge is -2.37. The summed E-state index contributed by atoms with van der Waals surface area (Å²) < 4.78 is 0. The third-order valence-electron chi connectivity index (χ3n) is 3.98. The molecule has 1 heterocycles. The van der Waals surface area contributed by atoms with Crippen molar-refractivity contribution < 1.29 is 0 Å². The van der Waals surface area contributed by atoms with E-state index < -0.39 is 0 Å². The molecule has 0 amide bonds. The summed E-state index contributed by atoms with van der Waals surface area (Å²) >= 11 is 0. The molecule has 4 nitrogen and oxygen atoms in total. The zero-order valence-electron chi connectivity index (χ0n) is 13.0. The second-order valence-corrected chi connectivity index (χ2v) is 6.54. The van der Waals surface area contributed by atoms with Crippen molar-refractivity contribution in [3.63, 3.8) is 0 Å². The Morgan fingerprint density at radius 1 is 1.21 bits per heavy atom. The van der Waals surface area contributed by atoms with Gasteiger partial charge in [-0.15, -0.1) is 0 Å². The van der Waals surface area contributed by atoms with Crippen molar-refractivity contribution >= 4 is 11.6 Å². The van der Waals surface area contributed by atoms with E-state index in [0.29, 0.717) is 6.04 Å². The molecule has 1 saturated carbocycles. The summed E-state index contributed by atoms with van der Waals surface area (Å²) in [6.07, 6.45) is 3.89. The fourth-order valence-corrected chi connectivity index (χ4v) is 2.37. The van der Waals surface area contributed by atoms with E-state index in [4.69, 9.17) is 4.98 Å². The van der Waals surface area contributed by atoms with E-state index in [9.17, 15) is 0 Å². The molecule has 0 spiro atoms. The summed E-state index contributed by atoms with van der Waals surface area (Å²) in [5, 5.41) is 3.20. The Morgan fingerprint density at radius 2 is 1.84 bits per heavy atom. The predicted molar refractivity (Wildman–Crippen MR) is 81.1 cm³/mol. The van der Waals surface area contributed by atoms with Crippen molar-refractivity contribution in [3.8, 4) is 0 Å². The Labute approximate surface area is 116 Å². The van der Waals surface area contributed by atoms with E-state index in [-0.39, 0.29) is 5.41 Å². The third kappa shape index (κ3) is 2.67. The molecule has 1 N–H and O–H groups in total. The Morgan fingerprint density at radius 3 is 2.26 bits per heavy atom. The Hall–Kier alpha value is -1.32. The van der Waals surface area contributed by atoms with Crippen LogP contribution in [0.15, 0.2) is 0 Å². The molecule has 1 aliphatic rings. The molecule has 19 heavy (non-hydrogen) atoms. The van der Waals surface area contributed by atoms with Crippen molar-refractivity contribution in [2.45, 2.75) is 58.4 Å². The molecular formula is C15H26N4. The lowest BCUT2D eigenvalue weighted by atomic mass is 9.91. The van der Waals surface area contributed by atoms with Gasteiger partial charge in [-0.2, -0.15) is 0 Å². The first-order valence-corrected chi connectivity index (χ1v) is 7.14. The fourth-order valence-electron chi connectivity index (χ4n) is 2.37. The van der Waals surface area contributed by atoms with Gasteiger partial charge < -0.3 is 10.2 Å². The molecule has 1 aromatic heterocycles. The maximum Gasteiger partial charge on any atom is 0.138 e. The average molecular weight is 262 g/mol. The third-order valence-corrected chi connectivity index (χ3v) is 3.98. The van der Waals surface area contributed by atoms with Crippen LogP contribution in [-0.4, -0.2) is 30.1 Å².